The lowest BCUT2D eigenvalue weighted by molar-refractivity contribution is -0.172. The first-order valence-electron chi connectivity index (χ1n) is 6.13. The summed E-state index contributed by atoms with van der Waals surface area (Å²) in [4.78, 5) is 0. The fraction of sp³-hybridized carbons (Fsp3) is 0.200. The Bertz CT molecular complexity index is 743. The molecule has 0 N–H and O–H groups in total. The molecule has 0 nitrogen and oxygen atoms in total. The van der Waals surface area contributed by atoms with E-state index in [2.05, 4.69) is 77.0 Å². The molecule has 0 fully saturated rings. The Balaban J connectivity index is 2.46. The first kappa shape index (κ1) is 17.5. The van der Waals surface area contributed by atoms with Crippen molar-refractivity contribution in [2.45, 2.75) is 18.5 Å². The Morgan fingerprint density at radius 1 is 0.864 bits per heavy atom. The van der Waals surface area contributed by atoms with Crippen LogP contribution in [0, 0.1) is 7.14 Å². The molecule has 0 atom stereocenters. The van der Waals surface area contributed by atoms with Gasteiger partial charge < -0.3 is 0 Å². The molecule has 0 saturated heterocycles. The first-order chi connectivity index (χ1) is 10.1. The smallest absolute Gasteiger partial charge is 0.170 e. The summed E-state index contributed by atoms with van der Waals surface area (Å²) in [5.74, 6) is 0. The molecule has 116 valence electrons. The minimum absolute atomic E-state index is 0.316. The van der Waals surface area contributed by atoms with Crippen LogP contribution in [-0.4, -0.2) is 6.18 Å². The Hall–Kier alpha value is 0.650. The van der Waals surface area contributed by atoms with Gasteiger partial charge in [-0.25, -0.2) is 0 Å². The van der Waals surface area contributed by atoms with Crippen LogP contribution in [0.5, 0.6) is 0 Å². The van der Waals surface area contributed by atoms with Crippen LogP contribution in [0.3, 0.4) is 0 Å². The Kier molecular flexibility index (Phi) is 4.44. The molecule has 0 heterocycles. The molecule has 0 radical (unpaired) electrons. The van der Waals surface area contributed by atoms with Crippen molar-refractivity contribution in [3.05, 3.63) is 51.5 Å². The van der Waals surface area contributed by atoms with Crippen molar-refractivity contribution in [3.63, 3.8) is 0 Å². The van der Waals surface area contributed by atoms with Crippen molar-refractivity contribution in [3.8, 4) is 11.1 Å². The molecule has 1 aliphatic carbocycles. The van der Waals surface area contributed by atoms with Crippen molar-refractivity contribution in [1.29, 1.82) is 0 Å². The second-order valence-electron chi connectivity index (χ2n) is 5.25. The van der Waals surface area contributed by atoms with Gasteiger partial charge in [-0.3, -0.25) is 0 Å². The van der Waals surface area contributed by atoms with Crippen LogP contribution in [0.1, 0.15) is 18.1 Å². The molecule has 0 saturated carbocycles. The summed E-state index contributed by atoms with van der Waals surface area (Å²) in [5.41, 5.74) is -0.0785. The van der Waals surface area contributed by atoms with Gasteiger partial charge in [-0.2, -0.15) is 13.2 Å². The van der Waals surface area contributed by atoms with Crippen LogP contribution in [0.25, 0.3) is 11.1 Å². The van der Waals surface area contributed by atoms with Gasteiger partial charge in [0.1, 0.15) is 5.41 Å². The molecule has 2 aromatic carbocycles. The highest BCUT2D eigenvalue weighted by molar-refractivity contribution is 14.1. The maximum atomic E-state index is 13.9. The van der Waals surface area contributed by atoms with Crippen LogP contribution in [0.4, 0.5) is 13.2 Å². The average molecular weight is 658 g/mol. The van der Waals surface area contributed by atoms with Crippen molar-refractivity contribution in [1.82, 2.24) is 0 Å². The molecule has 1 aliphatic rings. The predicted molar refractivity (Wildman–Crippen MR) is 105 cm³/mol. The summed E-state index contributed by atoms with van der Waals surface area (Å²) < 4.78 is 45.0. The largest absolute Gasteiger partial charge is 0.402 e. The van der Waals surface area contributed by atoms with Gasteiger partial charge in [-0.05, 0) is 130 Å². The van der Waals surface area contributed by atoms with Gasteiger partial charge >= 0.3 is 6.18 Å². The highest BCUT2D eigenvalue weighted by Gasteiger charge is 2.58. The quantitative estimate of drug-likeness (QED) is 0.262. The number of benzene rings is 2. The molecule has 3 rings (SSSR count). The van der Waals surface area contributed by atoms with Crippen LogP contribution < -0.4 is 0 Å². The Morgan fingerprint density at radius 2 is 1.23 bits per heavy atom. The van der Waals surface area contributed by atoms with E-state index in [0.29, 0.717) is 22.3 Å². The number of hydrogen-bond acceptors (Lipinski definition) is 0. The van der Waals surface area contributed by atoms with E-state index in [-0.39, 0.29) is 0 Å². The molecule has 0 amide bonds. The van der Waals surface area contributed by atoms with Crippen LogP contribution in [0.2, 0.25) is 0 Å². The van der Waals surface area contributed by atoms with Gasteiger partial charge in [0, 0.05) is 16.1 Å². The minimum atomic E-state index is -4.36. The molecular weight excluding hydrogens is 651 g/mol. The highest BCUT2D eigenvalue weighted by atomic mass is 127. The van der Waals surface area contributed by atoms with E-state index in [4.69, 9.17) is 0 Å². The summed E-state index contributed by atoms with van der Waals surface area (Å²) in [6.45, 7) is 1.27. The first-order valence-corrected chi connectivity index (χ1v) is 9.88. The zero-order valence-corrected chi connectivity index (χ0v) is 18.4. The predicted octanol–water partition coefficient (Wildman–Crippen LogP) is 7.27. The summed E-state index contributed by atoms with van der Waals surface area (Å²) in [6.07, 6.45) is -4.36. The van der Waals surface area contributed by atoms with E-state index in [1.807, 2.05) is 0 Å². The lowest BCUT2D eigenvalue weighted by Gasteiger charge is -2.30. The number of hydrogen-bond donors (Lipinski definition) is 0. The highest BCUT2D eigenvalue weighted by Crippen LogP contribution is 2.57. The standard InChI is InChI=1S/C15H7Br2F3I2/c1-14(15(18,19)20)8-4-12(21)10(16)2-6(8)7-3-11(17)13(22)5-9(7)14/h2-5H,1H3. The summed E-state index contributed by atoms with van der Waals surface area (Å²) in [7, 11) is 0. The van der Waals surface area contributed by atoms with Gasteiger partial charge in [-0.1, -0.05) is 0 Å². The number of halogens is 7. The third kappa shape index (κ3) is 2.40. The van der Waals surface area contributed by atoms with Gasteiger partial charge in [0.2, 0.25) is 0 Å². The van der Waals surface area contributed by atoms with Crippen molar-refractivity contribution in [2.24, 2.45) is 0 Å². The Morgan fingerprint density at radius 3 is 1.55 bits per heavy atom. The Labute approximate surface area is 169 Å². The van der Waals surface area contributed by atoms with E-state index < -0.39 is 11.6 Å². The molecular formula is C15H7Br2F3I2. The van der Waals surface area contributed by atoms with E-state index in [1.165, 1.54) is 6.92 Å². The molecule has 0 bridgehead atoms. The minimum Gasteiger partial charge on any atom is -0.170 e. The fourth-order valence-corrected chi connectivity index (χ4v) is 4.44. The fourth-order valence-electron chi connectivity index (χ4n) is 2.82. The van der Waals surface area contributed by atoms with E-state index >= 15 is 0 Å². The molecule has 0 unspecified atom stereocenters. The third-order valence-corrected chi connectivity index (χ3v) is 8.64. The second kappa shape index (κ2) is 5.59. The molecule has 0 spiro atoms. The van der Waals surface area contributed by atoms with Crippen molar-refractivity contribution >= 4 is 77.0 Å². The SMILES string of the molecule is CC1(C(F)(F)F)c2cc(I)c(Br)cc2-c2cc(Br)c(I)cc21. The summed E-state index contributed by atoms with van der Waals surface area (Å²) >= 11 is 10.9. The lowest BCUT2D eigenvalue weighted by atomic mass is 9.79. The van der Waals surface area contributed by atoms with Crippen molar-refractivity contribution in [2.75, 3.05) is 0 Å². The normalized spacial score (nSPS) is 15.6. The van der Waals surface area contributed by atoms with Crippen LogP contribution in [-0.2, 0) is 5.41 Å². The van der Waals surface area contributed by atoms with E-state index in [1.54, 1.807) is 24.3 Å². The second-order valence-corrected chi connectivity index (χ2v) is 9.28. The number of fused-ring (bicyclic) bond motifs is 3. The zero-order chi connectivity index (χ0) is 16.4. The van der Waals surface area contributed by atoms with Crippen LogP contribution in [0.15, 0.2) is 33.2 Å². The summed E-state index contributed by atoms with van der Waals surface area (Å²) in [6, 6.07) is 6.83. The zero-order valence-electron chi connectivity index (χ0n) is 11.0. The molecule has 2 aromatic rings. The van der Waals surface area contributed by atoms with Gasteiger partial charge in [-0.15, -0.1) is 0 Å². The monoisotopic (exact) mass is 656 g/mol. The average Bonchev–Trinajstić information content (AvgIpc) is 2.62. The maximum Gasteiger partial charge on any atom is 0.402 e. The maximum absolute atomic E-state index is 13.9. The summed E-state index contributed by atoms with van der Waals surface area (Å²) in [5, 5.41) is 0. The van der Waals surface area contributed by atoms with Gasteiger partial charge in [0.25, 0.3) is 0 Å². The van der Waals surface area contributed by atoms with Crippen LogP contribution >= 0.6 is 77.0 Å². The molecule has 0 aliphatic heterocycles. The molecule has 0 aromatic heterocycles. The van der Waals surface area contributed by atoms with E-state index in [0.717, 1.165) is 16.1 Å². The number of rotatable bonds is 0. The third-order valence-electron chi connectivity index (χ3n) is 4.06. The molecule has 22 heavy (non-hydrogen) atoms. The number of alkyl halides is 3. The topological polar surface area (TPSA) is 0 Å². The van der Waals surface area contributed by atoms with Crippen molar-refractivity contribution < 1.29 is 13.2 Å². The molecule has 7 heteroatoms. The lowest BCUT2D eigenvalue weighted by Crippen LogP contribution is -2.39. The van der Waals surface area contributed by atoms with E-state index in [9.17, 15) is 13.2 Å². The van der Waals surface area contributed by atoms with Gasteiger partial charge in [0.15, 0.2) is 0 Å². The van der Waals surface area contributed by atoms with Gasteiger partial charge in [0.05, 0.1) is 0 Å².